The fraction of sp³-hybridized carbons (Fsp3) is 0.364. The fourth-order valence-corrected chi connectivity index (χ4v) is 5.09. The predicted octanol–water partition coefficient (Wildman–Crippen LogP) is 6.27. The first-order valence-electron chi connectivity index (χ1n) is 13.9. The topological polar surface area (TPSA) is 62.2 Å². The molecule has 0 aliphatic carbocycles. The second-order valence-corrected chi connectivity index (χ2v) is 11.4. The van der Waals surface area contributed by atoms with Crippen molar-refractivity contribution in [3.05, 3.63) is 107 Å². The summed E-state index contributed by atoms with van der Waals surface area (Å²) >= 11 is 0. The van der Waals surface area contributed by atoms with Crippen molar-refractivity contribution < 1.29 is 23.1 Å². The van der Waals surface area contributed by atoms with Gasteiger partial charge in [0.15, 0.2) is 0 Å². The van der Waals surface area contributed by atoms with E-state index in [1.807, 2.05) is 81.4 Å². The number of hydrogen-bond donors (Lipinski definition) is 0. The van der Waals surface area contributed by atoms with Gasteiger partial charge in [-0.3, -0.25) is 9.79 Å². The summed E-state index contributed by atoms with van der Waals surface area (Å²) in [5.41, 5.74) is 2.29. The van der Waals surface area contributed by atoms with Gasteiger partial charge in [0.25, 0.3) is 0 Å². The SMILES string of the molecule is CC(=O)N1CCN(C(=O)OC(C)(C)C)[C@@H](CC(Cc2cc(F)cc(F)c2)N=C(c2ccccc2)c2ccccc2)C1. The first-order chi connectivity index (χ1) is 19.5. The minimum Gasteiger partial charge on any atom is -0.444 e. The van der Waals surface area contributed by atoms with Crippen LogP contribution < -0.4 is 0 Å². The van der Waals surface area contributed by atoms with Crippen molar-refractivity contribution in [2.24, 2.45) is 4.99 Å². The normalized spacial score (nSPS) is 16.2. The van der Waals surface area contributed by atoms with E-state index >= 15 is 0 Å². The fourth-order valence-electron chi connectivity index (χ4n) is 5.09. The molecule has 3 aromatic rings. The Labute approximate surface area is 240 Å². The van der Waals surface area contributed by atoms with Crippen LogP contribution in [0.15, 0.2) is 83.9 Å². The highest BCUT2D eigenvalue weighted by Crippen LogP contribution is 2.24. The predicted molar refractivity (Wildman–Crippen MR) is 156 cm³/mol. The van der Waals surface area contributed by atoms with Crippen molar-refractivity contribution >= 4 is 17.7 Å². The molecule has 1 heterocycles. The number of hydrogen-bond acceptors (Lipinski definition) is 4. The van der Waals surface area contributed by atoms with Crippen LogP contribution in [-0.2, 0) is 16.0 Å². The standard InChI is InChI=1S/C33H37F2N3O3/c1-23(39)37-15-16-38(32(40)41-33(2,3)4)30(22-37)21-29(19-24-17-27(34)20-28(35)18-24)36-31(25-11-7-5-8-12-25)26-13-9-6-10-14-26/h5-14,17-18,20,29-30H,15-16,19,21-22H2,1-4H3/t29?,30-/m0/s1. The lowest BCUT2D eigenvalue weighted by atomic mass is 9.95. The number of ether oxygens (including phenoxy) is 1. The molecule has 4 rings (SSSR count). The number of carbonyl (C=O) groups excluding carboxylic acids is 2. The molecular weight excluding hydrogens is 524 g/mol. The van der Waals surface area contributed by atoms with Crippen LogP contribution >= 0.6 is 0 Å². The number of piperazine rings is 1. The van der Waals surface area contributed by atoms with E-state index < -0.39 is 35.4 Å². The summed E-state index contributed by atoms with van der Waals surface area (Å²) in [6.45, 7) is 7.95. The van der Waals surface area contributed by atoms with Crippen molar-refractivity contribution in [1.29, 1.82) is 0 Å². The Morgan fingerprint density at radius 3 is 2.00 bits per heavy atom. The third-order valence-corrected chi connectivity index (χ3v) is 6.90. The quantitative estimate of drug-likeness (QED) is 0.320. The summed E-state index contributed by atoms with van der Waals surface area (Å²) in [7, 11) is 0. The van der Waals surface area contributed by atoms with Crippen molar-refractivity contribution in [3.8, 4) is 0 Å². The van der Waals surface area contributed by atoms with E-state index in [0.29, 0.717) is 31.6 Å². The smallest absolute Gasteiger partial charge is 0.410 e. The molecule has 41 heavy (non-hydrogen) atoms. The summed E-state index contributed by atoms with van der Waals surface area (Å²) in [6, 6.07) is 22.0. The molecular formula is C33H37F2N3O3. The minimum absolute atomic E-state index is 0.0830. The largest absolute Gasteiger partial charge is 0.444 e. The second kappa shape index (κ2) is 13.1. The maximum Gasteiger partial charge on any atom is 0.410 e. The molecule has 1 aliphatic rings. The van der Waals surface area contributed by atoms with Gasteiger partial charge in [-0.05, 0) is 51.3 Å². The number of aliphatic imine (C=N–C) groups is 1. The van der Waals surface area contributed by atoms with Gasteiger partial charge in [-0.2, -0.15) is 0 Å². The maximum atomic E-state index is 14.2. The van der Waals surface area contributed by atoms with Crippen LogP contribution in [0.1, 0.15) is 50.8 Å². The van der Waals surface area contributed by atoms with E-state index in [1.165, 1.54) is 19.1 Å². The van der Waals surface area contributed by atoms with Gasteiger partial charge in [0.2, 0.25) is 5.91 Å². The molecule has 0 saturated carbocycles. The molecule has 1 aliphatic heterocycles. The Bertz CT molecular complexity index is 1310. The van der Waals surface area contributed by atoms with Crippen molar-refractivity contribution in [2.75, 3.05) is 19.6 Å². The molecule has 0 radical (unpaired) electrons. The van der Waals surface area contributed by atoms with Gasteiger partial charge in [-0.15, -0.1) is 0 Å². The molecule has 2 amide bonds. The summed E-state index contributed by atoms with van der Waals surface area (Å²) in [6.07, 6.45) is 0.123. The molecule has 1 unspecified atom stereocenters. The zero-order valence-corrected chi connectivity index (χ0v) is 24.0. The first kappa shape index (κ1) is 29.9. The summed E-state index contributed by atoms with van der Waals surface area (Å²) < 4.78 is 34.1. The average Bonchev–Trinajstić information content (AvgIpc) is 2.91. The van der Waals surface area contributed by atoms with Crippen LogP contribution in [0.4, 0.5) is 13.6 Å². The lowest BCUT2D eigenvalue weighted by Gasteiger charge is -2.42. The molecule has 2 atom stereocenters. The number of halogens is 2. The van der Waals surface area contributed by atoms with E-state index in [4.69, 9.17) is 9.73 Å². The summed E-state index contributed by atoms with van der Waals surface area (Å²) in [4.78, 5) is 34.2. The van der Waals surface area contributed by atoms with Crippen molar-refractivity contribution in [2.45, 2.75) is 58.2 Å². The van der Waals surface area contributed by atoms with E-state index in [0.717, 1.165) is 22.9 Å². The number of carbonyl (C=O) groups is 2. The molecule has 6 nitrogen and oxygen atoms in total. The minimum atomic E-state index is -0.691. The monoisotopic (exact) mass is 561 g/mol. The lowest BCUT2D eigenvalue weighted by molar-refractivity contribution is -0.132. The van der Waals surface area contributed by atoms with E-state index in [9.17, 15) is 18.4 Å². The number of amides is 2. The van der Waals surface area contributed by atoms with Crippen molar-refractivity contribution in [3.63, 3.8) is 0 Å². The van der Waals surface area contributed by atoms with E-state index in [-0.39, 0.29) is 12.3 Å². The van der Waals surface area contributed by atoms with Gasteiger partial charge in [-0.1, -0.05) is 60.7 Å². The highest BCUT2D eigenvalue weighted by molar-refractivity contribution is 6.13. The Kier molecular flexibility index (Phi) is 9.53. The van der Waals surface area contributed by atoms with E-state index in [2.05, 4.69) is 0 Å². The number of rotatable bonds is 7. The van der Waals surface area contributed by atoms with E-state index in [1.54, 1.807) is 9.80 Å². The molecule has 0 N–H and O–H groups in total. The summed E-state index contributed by atoms with van der Waals surface area (Å²) in [5, 5.41) is 0. The van der Waals surface area contributed by atoms with Crippen LogP contribution in [0.3, 0.4) is 0 Å². The Balaban J connectivity index is 1.77. The molecule has 0 spiro atoms. The van der Waals surface area contributed by atoms with Gasteiger partial charge in [-0.25, -0.2) is 13.6 Å². The third-order valence-electron chi connectivity index (χ3n) is 6.90. The third kappa shape index (κ3) is 8.46. The molecule has 1 fully saturated rings. The zero-order valence-electron chi connectivity index (χ0n) is 24.0. The Morgan fingerprint density at radius 1 is 0.927 bits per heavy atom. The molecule has 216 valence electrons. The van der Waals surface area contributed by atoms with Crippen LogP contribution in [0, 0.1) is 11.6 Å². The summed E-state index contributed by atoms with van der Waals surface area (Å²) in [5.74, 6) is -1.41. The van der Waals surface area contributed by atoms with Gasteiger partial charge in [0.05, 0.1) is 17.8 Å². The van der Waals surface area contributed by atoms with Crippen LogP contribution in [0.25, 0.3) is 0 Å². The van der Waals surface area contributed by atoms with Crippen LogP contribution in [0.5, 0.6) is 0 Å². The zero-order chi connectivity index (χ0) is 29.6. The van der Waals surface area contributed by atoms with Gasteiger partial charge >= 0.3 is 6.09 Å². The molecule has 3 aromatic carbocycles. The number of nitrogens with zero attached hydrogens (tertiary/aromatic N) is 3. The van der Waals surface area contributed by atoms with Crippen LogP contribution in [0.2, 0.25) is 0 Å². The highest BCUT2D eigenvalue weighted by atomic mass is 19.1. The van der Waals surface area contributed by atoms with Crippen LogP contribution in [-0.4, -0.2) is 64.8 Å². The van der Waals surface area contributed by atoms with Gasteiger partial charge < -0.3 is 14.5 Å². The average molecular weight is 562 g/mol. The molecule has 8 heteroatoms. The highest BCUT2D eigenvalue weighted by Gasteiger charge is 2.35. The Hall–Kier alpha value is -4.07. The van der Waals surface area contributed by atoms with Crippen molar-refractivity contribution in [1.82, 2.24) is 9.80 Å². The maximum absolute atomic E-state index is 14.2. The Morgan fingerprint density at radius 2 is 1.49 bits per heavy atom. The molecule has 1 saturated heterocycles. The molecule has 0 aromatic heterocycles. The number of benzene rings is 3. The molecule has 0 bridgehead atoms. The van der Waals surface area contributed by atoms with Gasteiger partial charge in [0, 0.05) is 43.8 Å². The lowest BCUT2D eigenvalue weighted by Crippen LogP contribution is -2.57. The van der Waals surface area contributed by atoms with Gasteiger partial charge in [0.1, 0.15) is 17.2 Å². The first-order valence-corrected chi connectivity index (χ1v) is 13.9. The second-order valence-electron chi connectivity index (χ2n) is 11.4.